The van der Waals surface area contributed by atoms with Gasteiger partial charge in [-0.15, -0.1) is 0 Å². The van der Waals surface area contributed by atoms with Crippen molar-refractivity contribution in [3.8, 4) is 5.75 Å². The Labute approximate surface area is 131 Å². The van der Waals surface area contributed by atoms with Crippen LogP contribution in [0.1, 0.15) is 16.7 Å². The molecule has 1 aliphatic rings. The van der Waals surface area contributed by atoms with Crippen LogP contribution in [0, 0.1) is 13.8 Å². The molecule has 1 N–H and O–H groups in total. The van der Waals surface area contributed by atoms with E-state index in [1.807, 2.05) is 6.92 Å². The van der Waals surface area contributed by atoms with Gasteiger partial charge in [-0.3, -0.25) is 4.39 Å². The van der Waals surface area contributed by atoms with E-state index in [9.17, 15) is 18.0 Å². The van der Waals surface area contributed by atoms with Crippen LogP contribution in [0.3, 0.4) is 0 Å². The maximum absolute atomic E-state index is 13.6. The Morgan fingerprint density at radius 3 is 2.55 bits per heavy atom. The fourth-order valence-electron chi connectivity index (χ4n) is 2.13. The predicted octanol–water partition coefficient (Wildman–Crippen LogP) is 4.08. The van der Waals surface area contributed by atoms with Crippen LogP contribution in [-0.2, 0) is 4.79 Å². The lowest BCUT2D eigenvalue weighted by Gasteiger charge is -2.28. The molecule has 0 aromatic heterocycles. The molecule has 2 rings (SSSR count). The first-order valence-electron chi connectivity index (χ1n) is 6.35. The van der Waals surface area contributed by atoms with E-state index in [1.165, 1.54) is 6.08 Å². The maximum Gasteiger partial charge on any atom is 0.335 e. The fraction of sp³-hybridized carbons (Fsp3) is 0.400. The third-order valence-corrected chi connectivity index (χ3v) is 3.66. The highest BCUT2D eigenvalue weighted by atomic mass is 35.5. The Balaban J connectivity index is 0.00000116. The third-order valence-electron chi connectivity index (χ3n) is 3.37. The standard InChI is InChI=1S/C14H13ClF2O3.CH3F/c1-6-3-10(15)12-8(7(6)2)4-9(14(18)19)13(20-12)11(17)5-16;1-2/h3-4,11,13H,5H2,1-2H3,(H,18,19);1H3. The van der Waals surface area contributed by atoms with Crippen molar-refractivity contribution in [2.45, 2.75) is 26.1 Å². The van der Waals surface area contributed by atoms with Crippen molar-refractivity contribution in [1.82, 2.24) is 0 Å². The number of fused-ring (bicyclic) bond motifs is 1. The highest BCUT2D eigenvalue weighted by Crippen LogP contribution is 2.40. The lowest BCUT2D eigenvalue weighted by molar-refractivity contribution is -0.134. The number of carboxylic acid groups (broad SMARTS) is 1. The molecule has 0 amide bonds. The van der Waals surface area contributed by atoms with Crippen molar-refractivity contribution in [1.29, 1.82) is 0 Å². The first-order chi connectivity index (χ1) is 10.4. The van der Waals surface area contributed by atoms with Gasteiger partial charge in [-0.2, -0.15) is 0 Å². The molecule has 0 aliphatic carbocycles. The Bertz CT molecular complexity index is 602. The van der Waals surface area contributed by atoms with Gasteiger partial charge in [0.1, 0.15) is 12.4 Å². The molecule has 1 heterocycles. The van der Waals surface area contributed by atoms with Gasteiger partial charge < -0.3 is 9.84 Å². The fourth-order valence-corrected chi connectivity index (χ4v) is 2.44. The lowest BCUT2D eigenvalue weighted by Crippen LogP contribution is -2.37. The molecule has 0 saturated heterocycles. The first kappa shape index (κ1) is 18.4. The number of ether oxygens (including phenoxy) is 1. The second-order valence-corrected chi connectivity index (χ2v) is 5.06. The average Bonchev–Trinajstić information content (AvgIpc) is 2.52. The molecule has 0 fully saturated rings. The van der Waals surface area contributed by atoms with Gasteiger partial charge in [0, 0.05) is 5.56 Å². The Hall–Kier alpha value is -1.69. The summed E-state index contributed by atoms with van der Waals surface area (Å²) in [7, 11) is 0.500. The van der Waals surface area contributed by atoms with Gasteiger partial charge in [-0.1, -0.05) is 11.6 Å². The van der Waals surface area contributed by atoms with Crippen molar-refractivity contribution >= 4 is 23.6 Å². The summed E-state index contributed by atoms with van der Waals surface area (Å²) in [6, 6.07) is 1.65. The van der Waals surface area contributed by atoms with Gasteiger partial charge in [0.05, 0.1) is 17.8 Å². The van der Waals surface area contributed by atoms with Crippen LogP contribution in [0.15, 0.2) is 11.6 Å². The molecule has 1 aromatic rings. The largest absolute Gasteiger partial charge is 0.480 e. The Kier molecular flexibility index (Phi) is 6.29. The summed E-state index contributed by atoms with van der Waals surface area (Å²) in [5.41, 5.74) is 1.83. The highest BCUT2D eigenvalue weighted by Gasteiger charge is 2.36. The summed E-state index contributed by atoms with van der Waals surface area (Å²) in [6.07, 6.45) is -2.24. The van der Waals surface area contributed by atoms with Crippen LogP contribution in [0.2, 0.25) is 5.02 Å². The molecule has 1 aliphatic heterocycles. The summed E-state index contributed by atoms with van der Waals surface area (Å²) in [4.78, 5) is 11.2. The molecule has 1 aromatic carbocycles. The zero-order valence-electron chi connectivity index (χ0n) is 12.3. The number of carboxylic acids is 1. The van der Waals surface area contributed by atoms with E-state index < -0.39 is 24.9 Å². The van der Waals surface area contributed by atoms with E-state index in [4.69, 9.17) is 21.4 Å². The quantitative estimate of drug-likeness (QED) is 0.904. The molecule has 2 unspecified atom stereocenters. The van der Waals surface area contributed by atoms with E-state index >= 15 is 0 Å². The molecule has 0 radical (unpaired) electrons. The highest BCUT2D eigenvalue weighted by molar-refractivity contribution is 6.32. The average molecular weight is 337 g/mol. The zero-order chi connectivity index (χ0) is 17.0. The molecule has 2 atom stereocenters. The minimum atomic E-state index is -2.05. The minimum Gasteiger partial charge on any atom is -0.480 e. The summed E-state index contributed by atoms with van der Waals surface area (Å²) in [5.74, 6) is -1.14. The second-order valence-electron chi connectivity index (χ2n) is 4.66. The molecule has 122 valence electrons. The molecule has 7 heteroatoms. The van der Waals surface area contributed by atoms with E-state index in [-0.39, 0.29) is 16.3 Å². The van der Waals surface area contributed by atoms with Crippen LogP contribution in [0.4, 0.5) is 13.2 Å². The van der Waals surface area contributed by atoms with Crippen molar-refractivity contribution in [2.24, 2.45) is 0 Å². The number of carbonyl (C=O) groups is 1. The van der Waals surface area contributed by atoms with Gasteiger partial charge in [-0.05, 0) is 37.1 Å². The van der Waals surface area contributed by atoms with E-state index in [0.717, 1.165) is 11.1 Å². The van der Waals surface area contributed by atoms with Crippen LogP contribution in [-0.4, -0.2) is 37.2 Å². The topological polar surface area (TPSA) is 46.5 Å². The van der Waals surface area contributed by atoms with Crippen molar-refractivity contribution in [2.75, 3.05) is 13.9 Å². The summed E-state index contributed by atoms with van der Waals surface area (Å²) < 4.78 is 40.9. The molecule has 0 spiro atoms. The van der Waals surface area contributed by atoms with E-state index in [1.54, 1.807) is 13.0 Å². The Morgan fingerprint density at radius 1 is 1.45 bits per heavy atom. The van der Waals surface area contributed by atoms with Crippen molar-refractivity contribution in [3.05, 3.63) is 33.4 Å². The van der Waals surface area contributed by atoms with Gasteiger partial charge in [-0.25, -0.2) is 13.6 Å². The van der Waals surface area contributed by atoms with Crippen molar-refractivity contribution < 1.29 is 27.8 Å². The molecule has 22 heavy (non-hydrogen) atoms. The summed E-state index contributed by atoms with van der Waals surface area (Å²) in [5, 5.41) is 9.39. The third kappa shape index (κ3) is 3.38. The lowest BCUT2D eigenvalue weighted by atomic mass is 9.94. The number of rotatable bonds is 3. The maximum atomic E-state index is 13.6. The van der Waals surface area contributed by atoms with Gasteiger partial charge in [0.15, 0.2) is 12.3 Å². The van der Waals surface area contributed by atoms with Crippen molar-refractivity contribution in [3.63, 3.8) is 0 Å². The SMILES string of the molecule is CF.Cc1cc(Cl)c2c(c1C)C=C(C(=O)O)C(C(F)CF)O2. The van der Waals surface area contributed by atoms with Gasteiger partial charge in [0.2, 0.25) is 0 Å². The second kappa shape index (κ2) is 7.54. The van der Waals surface area contributed by atoms with Crippen LogP contribution in [0.25, 0.3) is 6.08 Å². The number of benzene rings is 1. The van der Waals surface area contributed by atoms with Gasteiger partial charge >= 0.3 is 5.97 Å². The number of hydrogen-bond donors (Lipinski definition) is 1. The first-order valence-corrected chi connectivity index (χ1v) is 6.73. The van der Waals surface area contributed by atoms with Gasteiger partial charge in [0.25, 0.3) is 0 Å². The van der Waals surface area contributed by atoms with Crippen LogP contribution >= 0.6 is 11.6 Å². The minimum absolute atomic E-state index is 0.195. The molecule has 0 saturated carbocycles. The van der Waals surface area contributed by atoms with E-state index in [0.29, 0.717) is 12.7 Å². The predicted molar refractivity (Wildman–Crippen MR) is 78.9 cm³/mol. The number of hydrogen-bond acceptors (Lipinski definition) is 2. The number of alkyl halides is 3. The smallest absolute Gasteiger partial charge is 0.335 e. The molecule has 3 nitrogen and oxygen atoms in total. The van der Waals surface area contributed by atoms with Crippen LogP contribution in [0.5, 0.6) is 5.75 Å². The number of aliphatic carboxylic acids is 1. The summed E-state index contributed by atoms with van der Waals surface area (Å²) in [6.45, 7) is 2.28. The Morgan fingerprint density at radius 2 is 2.05 bits per heavy atom. The number of aryl methyl sites for hydroxylation is 1. The summed E-state index contributed by atoms with van der Waals surface area (Å²) >= 11 is 6.04. The molecule has 0 bridgehead atoms. The molecular formula is C15H16ClF3O3. The zero-order valence-corrected chi connectivity index (χ0v) is 13.0. The normalized spacial score (nSPS) is 17.4. The molecular weight excluding hydrogens is 321 g/mol. The van der Waals surface area contributed by atoms with E-state index in [2.05, 4.69) is 0 Å². The number of halogens is 4. The van der Waals surface area contributed by atoms with Crippen LogP contribution < -0.4 is 4.74 Å². The monoisotopic (exact) mass is 336 g/mol.